The lowest BCUT2D eigenvalue weighted by molar-refractivity contribution is -0.401. The van der Waals surface area contributed by atoms with Gasteiger partial charge in [0.1, 0.15) is 13.1 Å². The van der Waals surface area contributed by atoms with Gasteiger partial charge in [-0.1, -0.05) is 74.9 Å². The standard InChI is InChI=1S/C52H59N11O6/c1-51(2)36-16-11-13-18-39(36)62(5)41(51)20-8-6-9-21-42-52(3,4)37-17-12-14-19-40(37)63(42)29-15-7-10-22-43(64)56-32-57-44(65)28-27-38(49(68)69)59-47(66)33-23-25-34(26-24-33)54-30-35-31-55-46-45(58-35)48(67)61-50(53)60-46/h6,8-9,11-14,16-21,23-26,31,38H,7,10,15,22,27-30,32H2,1-5H3,(H7-,53,54,55,56,57,59,60,61,64,65,66,67,68,69)/p+1/t38-/m0/s1. The number of hydrogen-bond donors (Lipinski definition) is 7. The van der Waals surface area contributed by atoms with Crippen molar-refractivity contribution in [2.75, 3.05) is 36.2 Å². The number of nitrogens with one attached hydrogen (secondary N) is 5. The highest BCUT2D eigenvalue weighted by Gasteiger charge is 2.42. The van der Waals surface area contributed by atoms with Gasteiger partial charge in [0.05, 0.1) is 30.5 Å². The summed E-state index contributed by atoms with van der Waals surface area (Å²) in [6.07, 6.45) is 14.5. The maximum Gasteiger partial charge on any atom is 0.326 e. The van der Waals surface area contributed by atoms with Crippen molar-refractivity contribution in [3.05, 3.63) is 148 Å². The van der Waals surface area contributed by atoms with Crippen molar-refractivity contribution >= 4 is 63.6 Å². The third-order valence-electron chi connectivity index (χ3n) is 12.7. The molecule has 358 valence electrons. The molecule has 4 heterocycles. The summed E-state index contributed by atoms with van der Waals surface area (Å²) < 4.78 is 2.27. The summed E-state index contributed by atoms with van der Waals surface area (Å²) in [6.45, 7) is 9.95. The van der Waals surface area contributed by atoms with Crippen LogP contribution in [0.1, 0.15) is 93.4 Å². The van der Waals surface area contributed by atoms with Gasteiger partial charge in [-0.25, -0.2) is 14.8 Å². The summed E-state index contributed by atoms with van der Waals surface area (Å²) in [6, 6.07) is 22.0. The van der Waals surface area contributed by atoms with Gasteiger partial charge in [0, 0.05) is 65.1 Å². The van der Waals surface area contributed by atoms with Gasteiger partial charge in [-0.05, 0) is 75.1 Å². The Morgan fingerprint density at radius 2 is 1.57 bits per heavy atom. The first-order valence-corrected chi connectivity index (χ1v) is 23.1. The van der Waals surface area contributed by atoms with Gasteiger partial charge in [-0.15, -0.1) is 0 Å². The molecule has 3 aromatic carbocycles. The Morgan fingerprint density at radius 3 is 2.30 bits per heavy atom. The second kappa shape index (κ2) is 21.3. The summed E-state index contributed by atoms with van der Waals surface area (Å²) >= 11 is 0. The van der Waals surface area contributed by atoms with Crippen LogP contribution in [-0.2, 0) is 31.8 Å². The first-order chi connectivity index (χ1) is 33.0. The number of nitrogens with two attached hydrogens (primary N) is 1. The molecule has 0 radical (unpaired) electrons. The van der Waals surface area contributed by atoms with E-state index in [2.05, 4.69) is 164 Å². The molecular formula is C52H60N11O6+. The first kappa shape index (κ1) is 49.0. The number of fused-ring (bicyclic) bond motifs is 3. The van der Waals surface area contributed by atoms with E-state index in [-0.39, 0.29) is 65.5 Å². The van der Waals surface area contributed by atoms with E-state index in [1.165, 1.54) is 52.2 Å². The molecule has 1 atom stereocenters. The number of aromatic amines is 1. The van der Waals surface area contributed by atoms with Gasteiger partial charge >= 0.3 is 5.97 Å². The predicted molar refractivity (Wildman–Crippen MR) is 267 cm³/mol. The highest BCUT2D eigenvalue weighted by molar-refractivity contribution is 6.03. The van der Waals surface area contributed by atoms with Gasteiger partial charge in [0.2, 0.25) is 23.5 Å². The van der Waals surface area contributed by atoms with E-state index in [1.54, 1.807) is 12.1 Å². The number of benzene rings is 3. The van der Waals surface area contributed by atoms with Crippen LogP contribution in [0.3, 0.4) is 0 Å². The first-order valence-electron chi connectivity index (χ1n) is 23.1. The van der Waals surface area contributed by atoms with Crippen molar-refractivity contribution in [1.29, 1.82) is 0 Å². The van der Waals surface area contributed by atoms with Crippen LogP contribution >= 0.6 is 0 Å². The molecule has 17 nitrogen and oxygen atoms in total. The molecule has 0 saturated carbocycles. The number of allylic oxidation sites excluding steroid dienone is 6. The molecule has 3 amide bonds. The Labute approximate surface area is 400 Å². The Hall–Kier alpha value is -7.95. The fourth-order valence-corrected chi connectivity index (χ4v) is 8.95. The second-order valence-electron chi connectivity index (χ2n) is 18.2. The smallest absolute Gasteiger partial charge is 0.326 e. The van der Waals surface area contributed by atoms with Crippen LogP contribution in [0, 0.1) is 0 Å². The van der Waals surface area contributed by atoms with Crippen LogP contribution < -0.4 is 37.5 Å². The zero-order valence-corrected chi connectivity index (χ0v) is 39.6. The fourth-order valence-electron chi connectivity index (χ4n) is 8.95. The zero-order valence-electron chi connectivity index (χ0n) is 39.6. The molecule has 0 fully saturated rings. The number of rotatable bonds is 20. The van der Waals surface area contributed by atoms with Crippen LogP contribution in [0.15, 0.2) is 120 Å². The number of carboxylic acid groups (broad SMARTS) is 1. The number of hydrogen-bond acceptors (Lipinski definition) is 11. The maximum absolute atomic E-state index is 12.9. The van der Waals surface area contributed by atoms with E-state index in [9.17, 15) is 29.1 Å². The minimum absolute atomic E-state index is 0.0506. The van der Waals surface area contributed by atoms with Crippen molar-refractivity contribution in [1.82, 2.24) is 35.9 Å². The third kappa shape index (κ3) is 11.4. The Kier molecular flexibility index (Phi) is 15.1. The lowest BCUT2D eigenvalue weighted by Gasteiger charge is -2.27. The van der Waals surface area contributed by atoms with Crippen LogP contribution in [0.5, 0.6) is 0 Å². The minimum atomic E-state index is -1.32. The molecule has 0 aliphatic carbocycles. The number of nitrogen functional groups attached to an aromatic ring is 1. The monoisotopic (exact) mass is 934 g/mol. The predicted octanol–water partition coefficient (Wildman–Crippen LogP) is 6.12. The van der Waals surface area contributed by atoms with E-state index >= 15 is 0 Å². The highest BCUT2D eigenvalue weighted by Crippen LogP contribution is 2.47. The van der Waals surface area contributed by atoms with E-state index < -0.39 is 29.4 Å². The topological polar surface area (TPSA) is 240 Å². The Balaban J connectivity index is 0.807. The summed E-state index contributed by atoms with van der Waals surface area (Å²) in [4.78, 5) is 79.5. The molecule has 5 aromatic rings. The number of anilines is 3. The van der Waals surface area contributed by atoms with E-state index in [0.29, 0.717) is 24.2 Å². The number of carboxylic acids is 1. The number of unbranched alkanes of at least 4 members (excludes halogenated alkanes) is 2. The van der Waals surface area contributed by atoms with E-state index in [0.717, 1.165) is 19.4 Å². The molecular weight excluding hydrogens is 875 g/mol. The minimum Gasteiger partial charge on any atom is -0.480 e. The van der Waals surface area contributed by atoms with Crippen molar-refractivity contribution < 1.29 is 28.9 Å². The highest BCUT2D eigenvalue weighted by atomic mass is 16.4. The normalized spacial score (nSPS) is 15.7. The van der Waals surface area contributed by atoms with Gasteiger partial charge in [0.15, 0.2) is 16.9 Å². The third-order valence-corrected chi connectivity index (χ3v) is 12.7. The van der Waals surface area contributed by atoms with Crippen LogP contribution in [0.4, 0.5) is 23.0 Å². The van der Waals surface area contributed by atoms with Crippen LogP contribution in [0.2, 0.25) is 0 Å². The number of aromatic nitrogens is 4. The fraction of sp³-hybridized carbons (Fsp3) is 0.327. The van der Waals surface area contributed by atoms with Gasteiger partial charge in [-0.2, -0.15) is 9.56 Å². The summed E-state index contributed by atoms with van der Waals surface area (Å²) in [7, 11) is 2.12. The summed E-state index contributed by atoms with van der Waals surface area (Å²) in [5.41, 5.74) is 13.8. The molecule has 2 aliphatic heterocycles. The quantitative estimate of drug-likeness (QED) is 0.0202. The van der Waals surface area contributed by atoms with Crippen LogP contribution in [-0.4, -0.2) is 85.3 Å². The number of carbonyl (C=O) groups excluding carboxylic acids is 3. The van der Waals surface area contributed by atoms with Crippen molar-refractivity contribution in [2.45, 2.75) is 89.6 Å². The van der Waals surface area contributed by atoms with Gasteiger partial charge in [0.25, 0.3) is 11.5 Å². The number of H-pyrrole nitrogens is 1. The molecule has 69 heavy (non-hydrogen) atoms. The lowest BCUT2D eigenvalue weighted by atomic mass is 9.81. The molecule has 17 heteroatoms. The van der Waals surface area contributed by atoms with Crippen molar-refractivity contribution in [2.24, 2.45) is 0 Å². The molecule has 7 rings (SSSR count). The summed E-state index contributed by atoms with van der Waals surface area (Å²) in [5.74, 6) is -2.64. The lowest BCUT2D eigenvalue weighted by Crippen LogP contribution is -2.42. The van der Waals surface area contributed by atoms with Crippen molar-refractivity contribution in [3.63, 3.8) is 0 Å². The van der Waals surface area contributed by atoms with E-state index in [1.807, 2.05) is 0 Å². The van der Waals surface area contributed by atoms with E-state index in [4.69, 9.17) is 5.73 Å². The number of aliphatic carboxylic acids is 1. The average molecular weight is 935 g/mol. The number of carbonyl (C=O) groups is 4. The van der Waals surface area contributed by atoms with Crippen LogP contribution in [0.25, 0.3) is 11.2 Å². The average Bonchev–Trinajstić information content (AvgIpc) is 3.66. The molecule has 0 saturated heterocycles. The Morgan fingerprint density at radius 1 is 0.855 bits per heavy atom. The number of para-hydroxylation sites is 2. The molecule has 8 N–H and O–H groups in total. The van der Waals surface area contributed by atoms with Gasteiger partial charge < -0.3 is 37.0 Å². The second-order valence-corrected chi connectivity index (χ2v) is 18.2. The molecule has 0 unspecified atom stereocenters. The number of nitrogens with zero attached hydrogens (tertiary/aromatic N) is 5. The zero-order chi connectivity index (χ0) is 49.3. The summed E-state index contributed by atoms with van der Waals surface area (Å²) in [5, 5.41) is 20.7. The Bertz CT molecular complexity index is 2930. The molecule has 0 spiro atoms. The molecule has 2 aromatic heterocycles. The SMILES string of the molecule is C[N+]1=C(C=CC=CC=C2N(CCCCCC(=O)NCNC(=O)CC[C@H](NC(=O)c3ccc(NCc4cnc5nc(N)[nH]c(=O)c5n4)cc3)C(=O)O)c3ccccc3C2(C)C)C(C)(C)c2ccccc21. The molecule has 2 aliphatic rings. The van der Waals surface area contributed by atoms with Crippen molar-refractivity contribution in [3.8, 4) is 0 Å². The number of amides is 3. The van der Waals surface area contributed by atoms with Gasteiger partial charge in [-0.3, -0.25) is 24.2 Å². The molecule has 0 bridgehead atoms. The largest absolute Gasteiger partial charge is 0.480 e. The maximum atomic E-state index is 12.9.